The number of carbonyl (C=O) groups excluding carboxylic acids is 1. The van der Waals surface area contributed by atoms with Gasteiger partial charge in [-0.3, -0.25) is 4.79 Å². The SMILES string of the molecule is CC(C)C(O)=CC(=O)C(C)C(C)C. The molecule has 0 aromatic rings. The van der Waals surface area contributed by atoms with Crippen LogP contribution >= 0.6 is 0 Å². The summed E-state index contributed by atoms with van der Waals surface area (Å²) in [6, 6.07) is 0. The quantitative estimate of drug-likeness (QED) is 0.538. The number of ketones is 1. The first-order valence-electron chi connectivity index (χ1n) is 4.80. The number of allylic oxidation sites excluding steroid dienone is 2. The second kappa shape index (κ2) is 5.05. The van der Waals surface area contributed by atoms with Gasteiger partial charge in [0.2, 0.25) is 0 Å². The summed E-state index contributed by atoms with van der Waals surface area (Å²) >= 11 is 0. The van der Waals surface area contributed by atoms with E-state index in [2.05, 4.69) is 0 Å². The van der Waals surface area contributed by atoms with Crippen LogP contribution in [0.4, 0.5) is 0 Å². The normalized spacial score (nSPS) is 15.2. The highest BCUT2D eigenvalue weighted by molar-refractivity contribution is 5.91. The van der Waals surface area contributed by atoms with Crippen molar-refractivity contribution in [2.75, 3.05) is 0 Å². The molecule has 1 atom stereocenters. The molecule has 76 valence electrons. The fraction of sp³-hybridized carbons (Fsp3) is 0.727. The van der Waals surface area contributed by atoms with E-state index in [9.17, 15) is 9.90 Å². The van der Waals surface area contributed by atoms with Crippen LogP contribution in [-0.4, -0.2) is 10.9 Å². The molecule has 1 N–H and O–H groups in total. The Bertz CT molecular complexity index is 202. The average Bonchev–Trinajstić information content (AvgIpc) is 2.02. The van der Waals surface area contributed by atoms with Crippen LogP contribution in [0.25, 0.3) is 0 Å². The second-order valence-electron chi connectivity index (χ2n) is 4.16. The molecule has 1 unspecified atom stereocenters. The molecule has 0 aromatic heterocycles. The van der Waals surface area contributed by atoms with Crippen LogP contribution in [-0.2, 0) is 4.79 Å². The molecule has 2 nitrogen and oxygen atoms in total. The van der Waals surface area contributed by atoms with Crippen LogP contribution in [0.15, 0.2) is 11.8 Å². The highest BCUT2D eigenvalue weighted by Crippen LogP contribution is 2.14. The van der Waals surface area contributed by atoms with Crippen molar-refractivity contribution in [2.45, 2.75) is 34.6 Å². The van der Waals surface area contributed by atoms with E-state index in [0.717, 1.165) is 0 Å². The summed E-state index contributed by atoms with van der Waals surface area (Å²) in [5.74, 6) is 0.534. The summed E-state index contributed by atoms with van der Waals surface area (Å²) in [5, 5.41) is 9.37. The van der Waals surface area contributed by atoms with Gasteiger partial charge in [-0.2, -0.15) is 0 Å². The second-order valence-corrected chi connectivity index (χ2v) is 4.16. The lowest BCUT2D eigenvalue weighted by Gasteiger charge is -2.12. The molecular weight excluding hydrogens is 164 g/mol. The lowest BCUT2D eigenvalue weighted by molar-refractivity contribution is -0.119. The molecule has 0 heterocycles. The molecule has 2 heteroatoms. The van der Waals surface area contributed by atoms with Gasteiger partial charge in [0.1, 0.15) is 0 Å². The van der Waals surface area contributed by atoms with Crippen molar-refractivity contribution < 1.29 is 9.90 Å². The number of hydrogen-bond donors (Lipinski definition) is 1. The molecular formula is C11H20O2. The minimum absolute atomic E-state index is 0.0131. The summed E-state index contributed by atoms with van der Waals surface area (Å²) in [6.45, 7) is 9.61. The minimum atomic E-state index is -0.0131. The Kier molecular flexibility index (Phi) is 4.74. The lowest BCUT2D eigenvalue weighted by Crippen LogP contribution is -2.15. The highest BCUT2D eigenvalue weighted by atomic mass is 16.3. The molecule has 0 amide bonds. The minimum Gasteiger partial charge on any atom is -0.512 e. The summed E-state index contributed by atoms with van der Waals surface area (Å²) in [7, 11) is 0. The summed E-state index contributed by atoms with van der Waals surface area (Å²) in [4.78, 5) is 11.5. The fourth-order valence-electron chi connectivity index (χ4n) is 0.772. The van der Waals surface area contributed by atoms with Crippen molar-refractivity contribution in [3.05, 3.63) is 11.8 Å². The summed E-state index contributed by atoms with van der Waals surface area (Å²) in [5.41, 5.74) is 0. The Hall–Kier alpha value is -0.790. The van der Waals surface area contributed by atoms with E-state index in [1.165, 1.54) is 6.08 Å². The zero-order valence-electron chi connectivity index (χ0n) is 9.16. The van der Waals surface area contributed by atoms with E-state index in [1.807, 2.05) is 34.6 Å². The van der Waals surface area contributed by atoms with Crippen molar-refractivity contribution in [1.29, 1.82) is 0 Å². The Labute approximate surface area is 80.7 Å². The first-order chi connectivity index (χ1) is 5.86. The predicted octanol–water partition coefficient (Wildman–Crippen LogP) is 2.95. The standard InChI is InChI=1S/C11H20O2/c1-7(2)9(5)11(13)6-10(12)8(3)4/h6-9,12H,1-5H3. The van der Waals surface area contributed by atoms with Gasteiger partial charge < -0.3 is 5.11 Å². The lowest BCUT2D eigenvalue weighted by atomic mass is 9.92. The van der Waals surface area contributed by atoms with Gasteiger partial charge in [-0.05, 0) is 5.92 Å². The van der Waals surface area contributed by atoms with Crippen LogP contribution in [0.2, 0.25) is 0 Å². The Morgan fingerprint density at radius 2 is 1.62 bits per heavy atom. The summed E-state index contributed by atoms with van der Waals surface area (Å²) in [6.07, 6.45) is 1.36. The van der Waals surface area contributed by atoms with Crippen LogP contribution in [0.5, 0.6) is 0 Å². The van der Waals surface area contributed by atoms with Crippen LogP contribution in [0, 0.1) is 17.8 Å². The Morgan fingerprint density at radius 1 is 1.15 bits per heavy atom. The third kappa shape index (κ3) is 4.11. The number of rotatable bonds is 4. The molecule has 0 saturated heterocycles. The van der Waals surface area contributed by atoms with E-state index in [0.29, 0.717) is 5.92 Å². The topological polar surface area (TPSA) is 37.3 Å². The monoisotopic (exact) mass is 184 g/mol. The highest BCUT2D eigenvalue weighted by Gasteiger charge is 2.15. The van der Waals surface area contributed by atoms with Crippen molar-refractivity contribution in [3.63, 3.8) is 0 Å². The van der Waals surface area contributed by atoms with Gasteiger partial charge in [0.15, 0.2) is 5.78 Å². The van der Waals surface area contributed by atoms with Gasteiger partial charge in [-0.25, -0.2) is 0 Å². The van der Waals surface area contributed by atoms with Gasteiger partial charge >= 0.3 is 0 Å². The number of aliphatic hydroxyl groups excluding tert-OH is 1. The number of aliphatic hydroxyl groups is 1. The van der Waals surface area contributed by atoms with Gasteiger partial charge in [0.05, 0.1) is 5.76 Å². The zero-order chi connectivity index (χ0) is 10.6. The first kappa shape index (κ1) is 12.2. The molecule has 0 spiro atoms. The number of carbonyl (C=O) groups is 1. The maximum absolute atomic E-state index is 11.5. The van der Waals surface area contributed by atoms with E-state index in [4.69, 9.17) is 0 Å². The summed E-state index contributed by atoms with van der Waals surface area (Å²) < 4.78 is 0. The smallest absolute Gasteiger partial charge is 0.162 e. The molecule has 13 heavy (non-hydrogen) atoms. The maximum Gasteiger partial charge on any atom is 0.162 e. The van der Waals surface area contributed by atoms with Crippen molar-refractivity contribution >= 4 is 5.78 Å². The predicted molar refractivity (Wildman–Crippen MR) is 54.6 cm³/mol. The van der Waals surface area contributed by atoms with Crippen LogP contribution in [0.1, 0.15) is 34.6 Å². The van der Waals surface area contributed by atoms with Crippen LogP contribution < -0.4 is 0 Å². The number of hydrogen-bond acceptors (Lipinski definition) is 2. The largest absolute Gasteiger partial charge is 0.512 e. The molecule has 0 bridgehead atoms. The van der Waals surface area contributed by atoms with Crippen molar-refractivity contribution in [2.24, 2.45) is 17.8 Å². The van der Waals surface area contributed by atoms with E-state index in [-0.39, 0.29) is 23.4 Å². The fourth-order valence-corrected chi connectivity index (χ4v) is 0.772. The Balaban J connectivity index is 4.37. The maximum atomic E-state index is 11.5. The molecule has 0 aliphatic rings. The average molecular weight is 184 g/mol. The van der Waals surface area contributed by atoms with Gasteiger partial charge in [0.25, 0.3) is 0 Å². The molecule has 0 aliphatic heterocycles. The molecule has 0 aliphatic carbocycles. The van der Waals surface area contributed by atoms with Crippen molar-refractivity contribution in [1.82, 2.24) is 0 Å². The molecule has 0 rings (SSSR count). The third-order valence-electron chi connectivity index (χ3n) is 2.33. The molecule has 0 saturated carbocycles. The van der Waals surface area contributed by atoms with E-state index in [1.54, 1.807) is 0 Å². The van der Waals surface area contributed by atoms with E-state index < -0.39 is 0 Å². The Morgan fingerprint density at radius 3 is 1.92 bits per heavy atom. The van der Waals surface area contributed by atoms with Crippen LogP contribution in [0.3, 0.4) is 0 Å². The third-order valence-corrected chi connectivity index (χ3v) is 2.33. The first-order valence-corrected chi connectivity index (χ1v) is 4.80. The van der Waals surface area contributed by atoms with E-state index >= 15 is 0 Å². The molecule has 0 radical (unpaired) electrons. The van der Waals surface area contributed by atoms with Gasteiger partial charge in [0, 0.05) is 17.9 Å². The molecule has 0 aromatic carbocycles. The van der Waals surface area contributed by atoms with Gasteiger partial charge in [-0.15, -0.1) is 0 Å². The molecule has 0 fully saturated rings. The van der Waals surface area contributed by atoms with Gasteiger partial charge in [-0.1, -0.05) is 34.6 Å². The van der Waals surface area contributed by atoms with Crippen molar-refractivity contribution in [3.8, 4) is 0 Å². The zero-order valence-corrected chi connectivity index (χ0v) is 9.16.